The Morgan fingerprint density at radius 2 is 1.87 bits per heavy atom. The lowest BCUT2D eigenvalue weighted by molar-refractivity contribution is -0.116. The Morgan fingerprint density at radius 1 is 1.13 bits per heavy atom. The smallest absolute Gasteiger partial charge is 0.247 e. The van der Waals surface area contributed by atoms with Gasteiger partial charge in [0, 0.05) is 49.6 Å². The number of nitrogens with zero attached hydrogens (tertiary/aromatic N) is 4. The van der Waals surface area contributed by atoms with Crippen LogP contribution in [0.3, 0.4) is 0 Å². The quantitative estimate of drug-likeness (QED) is 0.339. The second-order valence-electron chi connectivity index (χ2n) is 9.11. The van der Waals surface area contributed by atoms with Crippen LogP contribution >= 0.6 is 23.2 Å². The van der Waals surface area contributed by atoms with Gasteiger partial charge in [0.1, 0.15) is 17.3 Å². The molecule has 3 aromatic rings. The van der Waals surface area contributed by atoms with E-state index in [0.717, 1.165) is 49.6 Å². The van der Waals surface area contributed by atoms with Crippen molar-refractivity contribution in [1.29, 1.82) is 5.26 Å². The molecule has 1 aliphatic rings. The number of nitrogens with one attached hydrogen (secondary N) is 1. The minimum absolute atomic E-state index is 0.217. The minimum Gasteiger partial charge on any atom is -0.496 e. The number of benzene rings is 2. The van der Waals surface area contributed by atoms with Gasteiger partial charge in [-0.1, -0.05) is 23.2 Å². The fourth-order valence-electron chi connectivity index (χ4n) is 4.15. The first kappa shape index (κ1) is 28.5. The summed E-state index contributed by atoms with van der Waals surface area (Å²) in [6, 6.07) is 12.3. The van der Waals surface area contributed by atoms with Crippen molar-refractivity contribution >= 4 is 46.7 Å². The van der Waals surface area contributed by atoms with Gasteiger partial charge < -0.3 is 24.1 Å². The number of methoxy groups -OCH3 is 2. The Hall–Kier alpha value is -3.55. The molecule has 0 saturated carbocycles. The number of carbonyl (C=O) groups excluding carboxylic acids is 1. The van der Waals surface area contributed by atoms with Crippen LogP contribution in [0.15, 0.2) is 52.1 Å². The highest BCUT2D eigenvalue weighted by atomic mass is 35.5. The second kappa shape index (κ2) is 13.0. The van der Waals surface area contributed by atoms with E-state index in [0.29, 0.717) is 22.2 Å². The number of aliphatic imine (C=N–C) groups is 1. The van der Waals surface area contributed by atoms with Crippen LogP contribution in [0.2, 0.25) is 10.0 Å². The Labute approximate surface area is 237 Å². The van der Waals surface area contributed by atoms with Crippen molar-refractivity contribution in [2.24, 2.45) is 10.9 Å². The molecule has 2 aromatic carbocycles. The summed E-state index contributed by atoms with van der Waals surface area (Å²) >= 11 is 12.3. The maximum absolute atomic E-state index is 12.8. The van der Waals surface area contributed by atoms with Crippen molar-refractivity contribution in [2.75, 3.05) is 52.8 Å². The zero-order chi connectivity index (χ0) is 27.9. The maximum Gasteiger partial charge on any atom is 0.247 e. The number of piperazine rings is 1. The number of carbonyl (C=O) groups is 1. The number of furan rings is 1. The molecule has 1 atom stereocenters. The van der Waals surface area contributed by atoms with E-state index in [2.05, 4.69) is 27.2 Å². The van der Waals surface area contributed by atoms with E-state index >= 15 is 0 Å². The topological polar surface area (TPSA) is 103 Å². The van der Waals surface area contributed by atoms with Crippen LogP contribution in [0, 0.1) is 17.2 Å². The number of likely N-dealkylation sites (N-methyl/N-ethyl adjacent to an activating group) is 1. The van der Waals surface area contributed by atoms with Crippen molar-refractivity contribution in [3.8, 4) is 28.7 Å². The number of amides is 1. The van der Waals surface area contributed by atoms with E-state index in [-0.39, 0.29) is 10.7 Å². The first-order chi connectivity index (χ1) is 18.8. The summed E-state index contributed by atoms with van der Waals surface area (Å²) < 4.78 is 16.6. The average Bonchev–Trinajstić information content (AvgIpc) is 3.40. The van der Waals surface area contributed by atoms with E-state index in [9.17, 15) is 10.1 Å². The predicted molar refractivity (Wildman–Crippen MR) is 152 cm³/mol. The summed E-state index contributed by atoms with van der Waals surface area (Å²) in [6.07, 6.45) is 2.99. The van der Waals surface area contributed by atoms with Crippen molar-refractivity contribution in [3.63, 3.8) is 0 Å². The molecule has 0 radical (unpaired) electrons. The van der Waals surface area contributed by atoms with Gasteiger partial charge in [-0.25, -0.2) is 0 Å². The second-order valence-corrected chi connectivity index (χ2v) is 9.92. The van der Waals surface area contributed by atoms with Crippen LogP contribution in [0.1, 0.15) is 5.76 Å². The molecule has 0 bridgehead atoms. The van der Waals surface area contributed by atoms with E-state index in [1.807, 2.05) is 18.2 Å². The van der Waals surface area contributed by atoms with E-state index in [1.54, 1.807) is 25.5 Å². The number of ether oxygens (including phenoxy) is 2. The summed E-state index contributed by atoms with van der Waals surface area (Å²) in [6.45, 7) is 4.78. The average molecular weight is 570 g/mol. The highest BCUT2D eigenvalue weighted by Gasteiger charge is 2.19. The van der Waals surface area contributed by atoms with Crippen LogP contribution in [0.4, 0.5) is 11.4 Å². The van der Waals surface area contributed by atoms with Crippen LogP contribution in [-0.4, -0.2) is 69.4 Å². The lowest BCUT2D eigenvalue weighted by Crippen LogP contribution is -2.43. The van der Waals surface area contributed by atoms with E-state index < -0.39 is 11.8 Å². The number of nitriles is 1. The number of anilines is 1. The van der Waals surface area contributed by atoms with E-state index in [1.165, 1.54) is 25.5 Å². The molecule has 1 saturated heterocycles. The largest absolute Gasteiger partial charge is 0.496 e. The Morgan fingerprint density at radius 3 is 2.56 bits per heavy atom. The van der Waals surface area contributed by atoms with Gasteiger partial charge in [0.05, 0.1) is 54.5 Å². The zero-order valence-electron chi connectivity index (χ0n) is 21.9. The summed E-state index contributed by atoms with van der Waals surface area (Å²) in [5.41, 5.74) is 2.47. The molecule has 1 aliphatic heterocycles. The maximum atomic E-state index is 12.8. The van der Waals surface area contributed by atoms with Crippen molar-refractivity contribution in [3.05, 3.63) is 58.5 Å². The number of rotatable bonds is 9. The van der Waals surface area contributed by atoms with Crippen molar-refractivity contribution in [1.82, 2.24) is 9.80 Å². The summed E-state index contributed by atoms with van der Waals surface area (Å²) in [4.78, 5) is 21.8. The molecule has 1 N–H and O–H groups in total. The lowest BCUT2D eigenvalue weighted by atomic mass is 10.1. The molecule has 2 heterocycles. The van der Waals surface area contributed by atoms with Gasteiger partial charge in [0.25, 0.3) is 0 Å². The summed E-state index contributed by atoms with van der Waals surface area (Å²) in [5.74, 6) is 0.100. The highest BCUT2D eigenvalue weighted by Crippen LogP contribution is 2.36. The standard InChI is InChI=1S/C28H29Cl2N5O4/c1-34-6-8-35(9-7-34)16-21-10-18(17-39-21)22-11-20(4-5-26(22)37-2)32-15-19(14-31)28(36)33-25-13-27(38-3)24(30)12-23(25)29/h4-5,10-13,15,17,19H,6-9,16H2,1-3H3,(H,33,36). The van der Waals surface area contributed by atoms with Gasteiger partial charge in [-0.05, 0) is 37.4 Å². The molecule has 4 rings (SSSR count). The zero-order valence-corrected chi connectivity index (χ0v) is 23.4. The van der Waals surface area contributed by atoms with Crippen LogP contribution < -0.4 is 14.8 Å². The van der Waals surface area contributed by atoms with E-state index in [4.69, 9.17) is 37.1 Å². The molecule has 1 amide bonds. The third-order valence-corrected chi connectivity index (χ3v) is 7.02. The first-order valence-corrected chi connectivity index (χ1v) is 13.0. The molecule has 11 heteroatoms. The van der Waals surface area contributed by atoms with Gasteiger partial charge in [-0.3, -0.25) is 14.7 Å². The van der Waals surface area contributed by atoms with Crippen LogP contribution in [-0.2, 0) is 11.3 Å². The minimum atomic E-state index is -1.17. The SMILES string of the molecule is COc1cc(NC(=O)C(C#N)C=Nc2ccc(OC)c(-c3coc(CN4CCN(C)CC4)c3)c2)c(Cl)cc1Cl. The summed E-state index contributed by atoms with van der Waals surface area (Å²) in [5, 5.41) is 12.8. The molecule has 1 aromatic heterocycles. The molecular weight excluding hydrogens is 541 g/mol. The number of halogens is 2. The van der Waals surface area contributed by atoms with Gasteiger partial charge in [-0.15, -0.1) is 0 Å². The van der Waals surface area contributed by atoms with Crippen LogP contribution in [0.25, 0.3) is 11.1 Å². The Balaban J connectivity index is 1.48. The molecule has 1 unspecified atom stereocenters. The monoisotopic (exact) mass is 569 g/mol. The lowest BCUT2D eigenvalue weighted by Gasteiger charge is -2.31. The molecule has 1 fully saturated rings. The number of hydrogen-bond acceptors (Lipinski definition) is 8. The third kappa shape index (κ3) is 7.11. The third-order valence-electron chi connectivity index (χ3n) is 6.42. The molecular formula is C28H29Cl2N5O4. The fraction of sp³-hybridized carbons (Fsp3) is 0.321. The predicted octanol–water partition coefficient (Wildman–Crippen LogP) is 5.50. The Bertz CT molecular complexity index is 1390. The highest BCUT2D eigenvalue weighted by molar-refractivity contribution is 6.37. The van der Waals surface area contributed by atoms with Crippen molar-refractivity contribution < 1.29 is 18.7 Å². The van der Waals surface area contributed by atoms with Gasteiger partial charge in [0.2, 0.25) is 5.91 Å². The van der Waals surface area contributed by atoms with Gasteiger partial charge in [-0.2, -0.15) is 5.26 Å². The van der Waals surface area contributed by atoms with Gasteiger partial charge in [0.15, 0.2) is 5.92 Å². The molecule has 0 spiro atoms. The molecule has 204 valence electrons. The van der Waals surface area contributed by atoms with Gasteiger partial charge >= 0.3 is 0 Å². The normalized spacial score (nSPS) is 15.2. The van der Waals surface area contributed by atoms with Crippen LogP contribution in [0.5, 0.6) is 11.5 Å². The van der Waals surface area contributed by atoms with Crippen molar-refractivity contribution in [2.45, 2.75) is 6.54 Å². The molecule has 9 nitrogen and oxygen atoms in total. The number of hydrogen-bond donors (Lipinski definition) is 1. The summed E-state index contributed by atoms with van der Waals surface area (Å²) in [7, 11) is 5.18. The Kier molecular flexibility index (Phi) is 9.49. The fourth-order valence-corrected chi connectivity index (χ4v) is 4.65. The first-order valence-electron chi connectivity index (χ1n) is 12.3. The molecule has 0 aliphatic carbocycles. The molecule has 39 heavy (non-hydrogen) atoms.